The molecule has 0 saturated carbocycles. The second-order valence-corrected chi connectivity index (χ2v) is 2.92. The molecule has 0 bridgehead atoms. The van der Waals surface area contributed by atoms with Gasteiger partial charge in [0.25, 0.3) is 5.56 Å². The summed E-state index contributed by atoms with van der Waals surface area (Å²) in [6, 6.07) is 4.35. The lowest BCUT2D eigenvalue weighted by molar-refractivity contribution is 0.0691. The molecule has 2 rings (SSSR count). The van der Waals surface area contributed by atoms with Crippen LogP contribution in [0.4, 0.5) is 0 Å². The van der Waals surface area contributed by atoms with E-state index in [0.717, 1.165) is 0 Å². The lowest BCUT2D eigenvalue weighted by Crippen LogP contribution is -2.05. The molecule has 2 aromatic rings. The lowest BCUT2D eigenvalue weighted by atomic mass is 10.2. The number of H-pyrrole nitrogens is 2. The molecule has 0 aliphatic heterocycles. The molecule has 0 spiro atoms. The number of carboxylic acids is 1. The molecule has 0 unspecified atom stereocenters. The molecule has 6 nitrogen and oxygen atoms in total. The van der Waals surface area contributed by atoms with Gasteiger partial charge in [-0.1, -0.05) is 0 Å². The molecule has 2 aromatic heterocycles. The molecule has 6 heteroatoms. The van der Waals surface area contributed by atoms with Gasteiger partial charge in [-0.2, -0.15) is 5.10 Å². The van der Waals surface area contributed by atoms with E-state index in [-0.39, 0.29) is 11.3 Å². The van der Waals surface area contributed by atoms with E-state index in [4.69, 9.17) is 5.11 Å². The van der Waals surface area contributed by atoms with Crippen molar-refractivity contribution in [2.45, 2.75) is 0 Å². The van der Waals surface area contributed by atoms with Gasteiger partial charge in [0.15, 0.2) is 0 Å². The summed E-state index contributed by atoms with van der Waals surface area (Å²) in [7, 11) is 0. The average Bonchev–Trinajstić information content (AvgIpc) is 2.66. The largest absolute Gasteiger partial charge is 0.477 e. The first-order valence-electron chi connectivity index (χ1n) is 4.14. The van der Waals surface area contributed by atoms with Crippen LogP contribution in [0.3, 0.4) is 0 Å². The first kappa shape index (κ1) is 9.20. The van der Waals surface area contributed by atoms with Crippen LogP contribution in [-0.4, -0.2) is 26.3 Å². The normalized spacial score (nSPS) is 10.1. The molecule has 0 amide bonds. The summed E-state index contributed by atoms with van der Waals surface area (Å²) in [5.41, 5.74) is 0.835. The second-order valence-electron chi connectivity index (χ2n) is 2.92. The van der Waals surface area contributed by atoms with E-state index in [0.29, 0.717) is 11.3 Å². The van der Waals surface area contributed by atoms with Crippen LogP contribution in [0.2, 0.25) is 0 Å². The van der Waals surface area contributed by atoms with Gasteiger partial charge in [-0.15, -0.1) is 0 Å². The van der Waals surface area contributed by atoms with E-state index in [9.17, 15) is 9.59 Å². The molecule has 0 fully saturated rings. The Morgan fingerprint density at radius 1 is 1.40 bits per heavy atom. The SMILES string of the molecule is O=C(O)c1ccc(-c2cn[nH]c(=O)c2)[nH]1. The summed E-state index contributed by atoms with van der Waals surface area (Å²) >= 11 is 0. The number of aromatic carboxylic acids is 1. The van der Waals surface area contributed by atoms with Gasteiger partial charge < -0.3 is 10.1 Å². The van der Waals surface area contributed by atoms with Gasteiger partial charge in [-0.3, -0.25) is 4.79 Å². The van der Waals surface area contributed by atoms with Crippen LogP contribution in [0.5, 0.6) is 0 Å². The zero-order chi connectivity index (χ0) is 10.8. The Morgan fingerprint density at radius 3 is 2.80 bits per heavy atom. The Bertz CT molecular complexity index is 555. The van der Waals surface area contributed by atoms with E-state index < -0.39 is 5.97 Å². The summed E-state index contributed by atoms with van der Waals surface area (Å²) in [5.74, 6) is -1.04. The van der Waals surface area contributed by atoms with E-state index in [1.54, 1.807) is 6.07 Å². The maximum Gasteiger partial charge on any atom is 0.352 e. The highest BCUT2D eigenvalue weighted by molar-refractivity contribution is 5.86. The van der Waals surface area contributed by atoms with E-state index in [1.807, 2.05) is 0 Å². The molecule has 0 aliphatic rings. The average molecular weight is 205 g/mol. The number of hydrogen-bond acceptors (Lipinski definition) is 3. The van der Waals surface area contributed by atoms with Gasteiger partial charge in [0.05, 0.1) is 6.20 Å². The third-order valence-electron chi connectivity index (χ3n) is 1.89. The Labute approximate surface area is 83.6 Å². The summed E-state index contributed by atoms with van der Waals surface area (Å²) < 4.78 is 0. The topological polar surface area (TPSA) is 98.8 Å². The standard InChI is InChI=1S/C9H7N3O3/c13-8-3-5(4-10-12-8)6-1-2-7(11-6)9(14)15/h1-4,11H,(H,12,13)(H,14,15). The Balaban J connectivity index is 2.46. The number of nitrogens with one attached hydrogen (secondary N) is 2. The van der Waals surface area contributed by atoms with Crippen molar-refractivity contribution >= 4 is 5.97 Å². The molecule has 0 saturated heterocycles. The maximum absolute atomic E-state index is 11.0. The Morgan fingerprint density at radius 2 is 2.20 bits per heavy atom. The minimum Gasteiger partial charge on any atom is -0.477 e. The quantitative estimate of drug-likeness (QED) is 0.663. The van der Waals surface area contributed by atoms with Crippen molar-refractivity contribution in [3.8, 4) is 11.3 Å². The number of carboxylic acid groups (broad SMARTS) is 1. The van der Waals surface area contributed by atoms with Crippen molar-refractivity contribution in [2.24, 2.45) is 0 Å². The van der Waals surface area contributed by atoms with Crippen molar-refractivity contribution in [2.75, 3.05) is 0 Å². The van der Waals surface area contributed by atoms with Gasteiger partial charge in [0, 0.05) is 17.3 Å². The first-order valence-corrected chi connectivity index (χ1v) is 4.14. The monoisotopic (exact) mass is 205 g/mol. The van der Waals surface area contributed by atoms with Gasteiger partial charge in [0.2, 0.25) is 0 Å². The highest BCUT2D eigenvalue weighted by Gasteiger charge is 2.07. The minimum atomic E-state index is -1.04. The predicted octanol–water partition coefficient (Wildman–Crippen LogP) is 0.463. The Kier molecular flexibility index (Phi) is 2.09. The first-order chi connectivity index (χ1) is 7.16. The molecule has 15 heavy (non-hydrogen) atoms. The zero-order valence-corrected chi connectivity index (χ0v) is 7.52. The highest BCUT2D eigenvalue weighted by atomic mass is 16.4. The lowest BCUT2D eigenvalue weighted by Gasteiger charge is -1.94. The highest BCUT2D eigenvalue weighted by Crippen LogP contribution is 2.15. The van der Waals surface area contributed by atoms with E-state index in [2.05, 4.69) is 15.2 Å². The van der Waals surface area contributed by atoms with Crippen molar-refractivity contribution in [1.29, 1.82) is 0 Å². The number of hydrogen-bond donors (Lipinski definition) is 3. The number of aromatic amines is 2. The number of carbonyl (C=O) groups is 1. The van der Waals surface area contributed by atoms with Crippen molar-refractivity contribution < 1.29 is 9.90 Å². The van der Waals surface area contributed by atoms with Crippen molar-refractivity contribution in [3.63, 3.8) is 0 Å². The maximum atomic E-state index is 11.0. The molecular weight excluding hydrogens is 198 g/mol. The number of nitrogens with zero attached hydrogens (tertiary/aromatic N) is 1. The fourth-order valence-corrected chi connectivity index (χ4v) is 1.21. The number of rotatable bonds is 2. The fraction of sp³-hybridized carbons (Fsp3) is 0. The Hall–Kier alpha value is -2.37. The van der Waals surface area contributed by atoms with Crippen LogP contribution in [-0.2, 0) is 0 Å². The summed E-state index contributed by atoms with van der Waals surface area (Å²) in [4.78, 5) is 24.2. The molecule has 0 atom stereocenters. The molecule has 0 aliphatic carbocycles. The van der Waals surface area contributed by atoms with Gasteiger partial charge in [-0.05, 0) is 12.1 Å². The van der Waals surface area contributed by atoms with Gasteiger partial charge >= 0.3 is 5.97 Å². The van der Waals surface area contributed by atoms with Crippen LogP contribution in [0.15, 0.2) is 29.2 Å². The van der Waals surface area contributed by atoms with Crippen LogP contribution in [0.25, 0.3) is 11.3 Å². The molecular formula is C9H7N3O3. The van der Waals surface area contributed by atoms with Crippen LogP contribution in [0.1, 0.15) is 10.5 Å². The van der Waals surface area contributed by atoms with Gasteiger partial charge in [-0.25, -0.2) is 9.89 Å². The van der Waals surface area contributed by atoms with Crippen molar-refractivity contribution in [1.82, 2.24) is 15.2 Å². The molecule has 76 valence electrons. The summed E-state index contributed by atoms with van der Waals surface area (Å²) in [6.45, 7) is 0. The second kappa shape index (κ2) is 3.41. The third kappa shape index (κ3) is 1.78. The molecule has 0 aromatic carbocycles. The van der Waals surface area contributed by atoms with Crippen LogP contribution in [0, 0.1) is 0 Å². The molecule has 0 radical (unpaired) electrons. The minimum absolute atomic E-state index is 0.0743. The number of aromatic nitrogens is 3. The van der Waals surface area contributed by atoms with E-state index >= 15 is 0 Å². The van der Waals surface area contributed by atoms with Crippen LogP contribution < -0.4 is 5.56 Å². The van der Waals surface area contributed by atoms with Gasteiger partial charge in [0.1, 0.15) is 5.69 Å². The summed E-state index contributed by atoms with van der Waals surface area (Å²) in [5, 5.41) is 14.5. The smallest absolute Gasteiger partial charge is 0.352 e. The zero-order valence-electron chi connectivity index (χ0n) is 7.52. The summed E-state index contributed by atoms with van der Waals surface area (Å²) in [6.07, 6.45) is 1.44. The molecule has 3 N–H and O–H groups in total. The van der Waals surface area contributed by atoms with E-state index in [1.165, 1.54) is 18.3 Å². The fourth-order valence-electron chi connectivity index (χ4n) is 1.21. The predicted molar refractivity (Wildman–Crippen MR) is 51.6 cm³/mol. The van der Waals surface area contributed by atoms with Crippen molar-refractivity contribution in [3.05, 3.63) is 40.4 Å². The molecule has 2 heterocycles. The third-order valence-corrected chi connectivity index (χ3v) is 1.89. The van der Waals surface area contributed by atoms with Crippen LogP contribution >= 0.6 is 0 Å².